The van der Waals surface area contributed by atoms with Gasteiger partial charge in [-0.15, -0.1) is 0 Å². The van der Waals surface area contributed by atoms with Crippen molar-refractivity contribution < 1.29 is 9.59 Å². The van der Waals surface area contributed by atoms with Crippen LogP contribution in [0.3, 0.4) is 0 Å². The molecule has 2 N–H and O–H groups in total. The van der Waals surface area contributed by atoms with E-state index in [2.05, 4.69) is 36.6 Å². The van der Waals surface area contributed by atoms with Crippen LogP contribution >= 0.6 is 0 Å². The number of rotatable bonds is 7. The lowest BCUT2D eigenvalue weighted by molar-refractivity contribution is -0.123. The number of benzene rings is 2. The molecule has 0 aliphatic carbocycles. The SMILES string of the molecule is Cc1ccc([C@@H](C)NC(=O)CN(C)CC(=O)Nc2c(C)cccc2C)cc1C. The standard InChI is InChI=1S/C23H31N3O2/c1-15-10-11-20(12-18(15)4)19(5)24-21(27)13-26(6)14-22(28)25-23-16(2)8-7-9-17(23)3/h7-12,19H,13-14H2,1-6H3,(H,24,27)(H,25,28)/t19-/m1/s1. The highest BCUT2D eigenvalue weighted by atomic mass is 16.2. The Hall–Kier alpha value is -2.66. The summed E-state index contributed by atoms with van der Waals surface area (Å²) in [7, 11) is 1.77. The summed E-state index contributed by atoms with van der Waals surface area (Å²) in [6, 6.07) is 12.0. The highest BCUT2D eigenvalue weighted by molar-refractivity contribution is 5.94. The van der Waals surface area contributed by atoms with Crippen molar-refractivity contribution >= 4 is 17.5 Å². The van der Waals surface area contributed by atoms with E-state index in [1.165, 1.54) is 11.1 Å². The number of hydrogen-bond acceptors (Lipinski definition) is 3. The third kappa shape index (κ3) is 5.92. The van der Waals surface area contributed by atoms with Crippen molar-refractivity contribution in [2.24, 2.45) is 0 Å². The Kier molecular flexibility index (Phi) is 7.35. The summed E-state index contributed by atoms with van der Waals surface area (Å²) in [5.74, 6) is -0.233. The molecule has 2 rings (SSSR count). The second kappa shape index (κ2) is 9.51. The molecule has 0 fully saturated rings. The molecule has 5 nitrogen and oxygen atoms in total. The van der Waals surface area contributed by atoms with Crippen molar-refractivity contribution in [2.75, 3.05) is 25.5 Å². The highest BCUT2D eigenvalue weighted by Gasteiger charge is 2.15. The van der Waals surface area contributed by atoms with Crippen LogP contribution in [0.4, 0.5) is 5.69 Å². The topological polar surface area (TPSA) is 61.4 Å². The van der Waals surface area contributed by atoms with Crippen LogP contribution in [0.2, 0.25) is 0 Å². The normalized spacial score (nSPS) is 12.0. The minimum atomic E-state index is -0.130. The fraction of sp³-hybridized carbons (Fsp3) is 0.391. The molecule has 0 aliphatic rings. The number of nitrogens with zero attached hydrogens (tertiary/aromatic N) is 1. The monoisotopic (exact) mass is 381 g/mol. The molecule has 28 heavy (non-hydrogen) atoms. The van der Waals surface area contributed by atoms with Gasteiger partial charge in [-0.2, -0.15) is 0 Å². The van der Waals surface area contributed by atoms with E-state index in [9.17, 15) is 9.59 Å². The molecule has 0 unspecified atom stereocenters. The zero-order valence-corrected chi connectivity index (χ0v) is 17.7. The summed E-state index contributed by atoms with van der Waals surface area (Å²) in [5.41, 5.74) is 6.41. The quantitative estimate of drug-likeness (QED) is 0.769. The van der Waals surface area contributed by atoms with Crippen LogP contribution in [0.25, 0.3) is 0 Å². The van der Waals surface area contributed by atoms with Crippen molar-refractivity contribution in [1.82, 2.24) is 10.2 Å². The first kappa shape index (κ1) is 21.6. The predicted octanol–water partition coefficient (Wildman–Crippen LogP) is 3.67. The Bertz CT molecular complexity index is 841. The molecular weight excluding hydrogens is 350 g/mol. The maximum atomic E-state index is 12.4. The van der Waals surface area contributed by atoms with E-state index < -0.39 is 0 Å². The fourth-order valence-corrected chi connectivity index (χ4v) is 3.14. The lowest BCUT2D eigenvalue weighted by Gasteiger charge is -2.20. The Morgan fingerprint density at radius 2 is 1.50 bits per heavy atom. The van der Waals surface area contributed by atoms with E-state index in [-0.39, 0.29) is 30.9 Å². The van der Waals surface area contributed by atoms with Gasteiger partial charge in [-0.05, 0) is 69.5 Å². The number of hydrogen-bond donors (Lipinski definition) is 2. The summed E-state index contributed by atoms with van der Waals surface area (Å²) in [5, 5.41) is 5.95. The molecule has 1 atom stereocenters. The summed E-state index contributed by atoms with van der Waals surface area (Å²) in [6.07, 6.45) is 0. The third-order valence-electron chi connectivity index (χ3n) is 4.98. The molecular formula is C23H31N3O2. The van der Waals surface area contributed by atoms with Crippen molar-refractivity contribution in [3.63, 3.8) is 0 Å². The van der Waals surface area contributed by atoms with Crippen LogP contribution in [-0.2, 0) is 9.59 Å². The minimum absolute atomic E-state index is 0.0800. The molecule has 0 radical (unpaired) electrons. The number of para-hydroxylation sites is 1. The van der Waals surface area contributed by atoms with E-state index in [1.807, 2.05) is 45.0 Å². The Morgan fingerprint density at radius 1 is 0.893 bits per heavy atom. The first-order valence-corrected chi connectivity index (χ1v) is 9.58. The van der Waals surface area contributed by atoms with Crippen LogP contribution in [0.1, 0.15) is 40.8 Å². The molecule has 0 spiro atoms. The van der Waals surface area contributed by atoms with Gasteiger partial charge in [-0.1, -0.05) is 36.4 Å². The van der Waals surface area contributed by atoms with E-state index in [0.717, 1.165) is 22.4 Å². The largest absolute Gasteiger partial charge is 0.348 e. The zero-order chi connectivity index (χ0) is 20.8. The lowest BCUT2D eigenvalue weighted by Crippen LogP contribution is -2.39. The molecule has 0 saturated heterocycles. The van der Waals surface area contributed by atoms with Crippen molar-refractivity contribution in [1.29, 1.82) is 0 Å². The van der Waals surface area contributed by atoms with Gasteiger partial charge in [-0.25, -0.2) is 0 Å². The molecule has 2 aromatic carbocycles. The van der Waals surface area contributed by atoms with Gasteiger partial charge in [0, 0.05) is 5.69 Å². The lowest BCUT2D eigenvalue weighted by atomic mass is 10.0. The first-order chi connectivity index (χ1) is 13.2. The van der Waals surface area contributed by atoms with E-state index in [4.69, 9.17) is 0 Å². The van der Waals surface area contributed by atoms with Crippen LogP contribution < -0.4 is 10.6 Å². The summed E-state index contributed by atoms with van der Waals surface area (Å²) in [4.78, 5) is 26.4. The molecule has 150 valence electrons. The summed E-state index contributed by atoms with van der Waals surface area (Å²) < 4.78 is 0. The van der Waals surface area contributed by atoms with E-state index in [0.29, 0.717) is 0 Å². The second-order valence-corrected chi connectivity index (χ2v) is 7.62. The van der Waals surface area contributed by atoms with Crippen molar-refractivity contribution in [2.45, 2.75) is 40.7 Å². The average Bonchev–Trinajstić information content (AvgIpc) is 2.60. The van der Waals surface area contributed by atoms with Crippen LogP contribution in [0.15, 0.2) is 36.4 Å². The van der Waals surface area contributed by atoms with Gasteiger partial charge in [0.25, 0.3) is 0 Å². The van der Waals surface area contributed by atoms with Crippen LogP contribution in [0, 0.1) is 27.7 Å². The maximum absolute atomic E-state index is 12.4. The van der Waals surface area contributed by atoms with Gasteiger partial charge in [-0.3, -0.25) is 14.5 Å². The number of carbonyl (C=O) groups excluding carboxylic acids is 2. The van der Waals surface area contributed by atoms with Gasteiger partial charge in [0.05, 0.1) is 19.1 Å². The number of nitrogens with one attached hydrogen (secondary N) is 2. The molecule has 2 aromatic rings. The Labute approximate surface area is 168 Å². The number of carbonyl (C=O) groups is 2. The van der Waals surface area contributed by atoms with Crippen molar-refractivity contribution in [3.05, 3.63) is 64.2 Å². The fourth-order valence-electron chi connectivity index (χ4n) is 3.14. The van der Waals surface area contributed by atoms with Crippen LogP contribution in [0.5, 0.6) is 0 Å². The maximum Gasteiger partial charge on any atom is 0.238 e. The van der Waals surface area contributed by atoms with Gasteiger partial charge < -0.3 is 10.6 Å². The molecule has 0 saturated carbocycles. The summed E-state index contributed by atoms with van der Waals surface area (Å²) >= 11 is 0. The molecule has 0 bridgehead atoms. The average molecular weight is 382 g/mol. The van der Waals surface area contributed by atoms with E-state index >= 15 is 0 Å². The first-order valence-electron chi connectivity index (χ1n) is 9.58. The van der Waals surface area contributed by atoms with E-state index in [1.54, 1.807) is 11.9 Å². The zero-order valence-electron chi connectivity index (χ0n) is 17.7. The molecule has 2 amide bonds. The Balaban J connectivity index is 1.86. The second-order valence-electron chi connectivity index (χ2n) is 7.62. The molecule has 0 heterocycles. The van der Waals surface area contributed by atoms with Crippen molar-refractivity contribution in [3.8, 4) is 0 Å². The van der Waals surface area contributed by atoms with Gasteiger partial charge in [0.2, 0.25) is 11.8 Å². The molecule has 0 aliphatic heterocycles. The number of aryl methyl sites for hydroxylation is 4. The Morgan fingerprint density at radius 3 is 2.11 bits per heavy atom. The molecule has 0 aromatic heterocycles. The number of amides is 2. The third-order valence-corrected chi connectivity index (χ3v) is 4.98. The smallest absolute Gasteiger partial charge is 0.238 e. The van der Waals surface area contributed by atoms with Gasteiger partial charge >= 0.3 is 0 Å². The molecule has 5 heteroatoms. The van der Waals surface area contributed by atoms with Gasteiger partial charge in [0.1, 0.15) is 0 Å². The summed E-state index contributed by atoms with van der Waals surface area (Å²) in [6.45, 7) is 10.4. The number of anilines is 1. The minimum Gasteiger partial charge on any atom is -0.348 e. The number of likely N-dealkylation sites (N-methyl/N-ethyl adjacent to an activating group) is 1. The highest BCUT2D eigenvalue weighted by Crippen LogP contribution is 2.19. The van der Waals surface area contributed by atoms with Crippen LogP contribution in [-0.4, -0.2) is 36.9 Å². The van der Waals surface area contributed by atoms with Gasteiger partial charge in [0.15, 0.2) is 0 Å². The predicted molar refractivity (Wildman–Crippen MR) is 115 cm³/mol.